The molecular formula is C13H13BrFN3O4S. The Bertz CT molecular complexity index is 785. The third-order valence-corrected chi connectivity index (χ3v) is 6.16. The first-order valence-corrected chi connectivity index (χ1v) is 9.06. The minimum Gasteiger partial charge on any atom is -0.339 e. The molecule has 2 amide bonds. The molecule has 1 atom stereocenters. The molecule has 0 aromatic heterocycles. The minimum atomic E-state index is -3.78. The van der Waals surface area contributed by atoms with Gasteiger partial charge in [0.1, 0.15) is 11.9 Å². The van der Waals surface area contributed by atoms with E-state index in [0.717, 1.165) is 4.31 Å². The second-order valence-electron chi connectivity index (χ2n) is 5.35. The van der Waals surface area contributed by atoms with E-state index in [-0.39, 0.29) is 32.0 Å². The summed E-state index contributed by atoms with van der Waals surface area (Å²) >= 11 is 3.26. The molecule has 2 aliphatic rings. The van der Waals surface area contributed by atoms with Crippen LogP contribution in [0.25, 0.3) is 0 Å². The molecule has 2 heterocycles. The van der Waals surface area contributed by atoms with Crippen LogP contribution in [0.15, 0.2) is 22.7 Å². The first-order valence-electron chi connectivity index (χ1n) is 6.83. The fourth-order valence-electron chi connectivity index (χ4n) is 2.70. The first-order chi connectivity index (χ1) is 10.8. The summed E-state index contributed by atoms with van der Waals surface area (Å²) in [5.41, 5.74) is 0.501. The molecule has 0 aliphatic carbocycles. The van der Waals surface area contributed by atoms with Crippen LogP contribution >= 0.6 is 15.9 Å². The number of nitrogens with zero attached hydrogens (tertiary/aromatic N) is 2. The molecule has 3 rings (SSSR count). The van der Waals surface area contributed by atoms with E-state index in [9.17, 15) is 22.4 Å². The predicted octanol–water partition coefficient (Wildman–Crippen LogP) is 0.0181. The average molecular weight is 406 g/mol. The monoisotopic (exact) mass is 405 g/mol. The van der Waals surface area contributed by atoms with Crippen molar-refractivity contribution in [3.05, 3.63) is 34.1 Å². The summed E-state index contributed by atoms with van der Waals surface area (Å²) in [4.78, 5) is 25.5. The number of hydrogen-bond donors (Lipinski definition) is 1. The summed E-state index contributed by atoms with van der Waals surface area (Å²) in [5, 5.41) is 0. The van der Waals surface area contributed by atoms with Gasteiger partial charge in [0.15, 0.2) is 0 Å². The highest BCUT2D eigenvalue weighted by Crippen LogP contribution is 2.22. The van der Waals surface area contributed by atoms with Gasteiger partial charge in [-0.25, -0.2) is 9.11 Å². The van der Waals surface area contributed by atoms with Gasteiger partial charge < -0.3 is 4.90 Å². The normalized spacial score (nSPS) is 23.5. The third kappa shape index (κ3) is 3.10. The zero-order valence-corrected chi connectivity index (χ0v) is 14.2. The number of hydrogen-bond acceptors (Lipinski definition) is 4. The molecule has 0 spiro atoms. The van der Waals surface area contributed by atoms with E-state index in [1.165, 1.54) is 23.1 Å². The van der Waals surface area contributed by atoms with Crippen LogP contribution in [0, 0.1) is 5.82 Å². The molecular weight excluding hydrogens is 393 g/mol. The number of carbonyl (C=O) groups excluding carboxylic acids is 2. The second kappa shape index (κ2) is 5.84. The summed E-state index contributed by atoms with van der Waals surface area (Å²) in [5.74, 6) is -1.36. The smallest absolute Gasteiger partial charge is 0.304 e. The van der Waals surface area contributed by atoms with Crippen molar-refractivity contribution in [1.29, 1.82) is 0 Å². The summed E-state index contributed by atoms with van der Waals surface area (Å²) in [6.45, 7) is 0.245. The Labute approximate surface area is 140 Å². The molecule has 0 bridgehead atoms. The SMILES string of the molecule is O=C1NS(=O)(=O)N2CCN(C(=O)Cc3cc(F)ccc3Br)CC12. The Kier molecular flexibility index (Phi) is 4.15. The van der Waals surface area contributed by atoms with Gasteiger partial charge >= 0.3 is 10.2 Å². The van der Waals surface area contributed by atoms with E-state index in [2.05, 4.69) is 15.9 Å². The number of halogens is 2. The van der Waals surface area contributed by atoms with E-state index in [1.807, 2.05) is 4.72 Å². The zero-order valence-electron chi connectivity index (χ0n) is 11.8. The van der Waals surface area contributed by atoms with Gasteiger partial charge in [-0.2, -0.15) is 12.7 Å². The lowest BCUT2D eigenvalue weighted by atomic mass is 10.1. The van der Waals surface area contributed by atoms with Crippen LogP contribution in [0.2, 0.25) is 0 Å². The van der Waals surface area contributed by atoms with Crippen molar-refractivity contribution in [2.75, 3.05) is 19.6 Å². The minimum absolute atomic E-state index is 0.00314. The van der Waals surface area contributed by atoms with Crippen molar-refractivity contribution in [3.8, 4) is 0 Å². The number of rotatable bonds is 2. The van der Waals surface area contributed by atoms with Gasteiger partial charge in [-0.3, -0.25) is 9.59 Å². The van der Waals surface area contributed by atoms with E-state index in [4.69, 9.17) is 0 Å². The fraction of sp³-hybridized carbons (Fsp3) is 0.385. The van der Waals surface area contributed by atoms with Crippen LogP contribution in [0.4, 0.5) is 4.39 Å². The van der Waals surface area contributed by atoms with Gasteiger partial charge in [0.2, 0.25) is 5.91 Å². The molecule has 1 aromatic rings. The number of piperazine rings is 1. The predicted molar refractivity (Wildman–Crippen MR) is 81.9 cm³/mol. The molecule has 1 unspecified atom stereocenters. The average Bonchev–Trinajstić information content (AvgIpc) is 2.72. The van der Waals surface area contributed by atoms with Gasteiger partial charge in [-0.15, -0.1) is 0 Å². The summed E-state index contributed by atoms with van der Waals surface area (Å²) in [6.07, 6.45) is -0.0283. The van der Waals surface area contributed by atoms with Crippen molar-refractivity contribution in [1.82, 2.24) is 13.9 Å². The maximum atomic E-state index is 13.3. The highest BCUT2D eigenvalue weighted by molar-refractivity contribution is 9.10. The standard InChI is InChI=1S/C13H13BrFN3O4S/c14-10-2-1-9(15)5-8(10)6-12(19)17-3-4-18-11(7-17)13(20)16-23(18,21)22/h1-2,5,11H,3-4,6-7H2,(H,16,20). The molecule has 2 aliphatic heterocycles. The lowest BCUT2D eigenvalue weighted by molar-refractivity contribution is -0.134. The quantitative estimate of drug-likeness (QED) is 0.751. The van der Waals surface area contributed by atoms with Crippen LogP contribution in [-0.4, -0.2) is 55.1 Å². The van der Waals surface area contributed by atoms with Crippen LogP contribution in [0.5, 0.6) is 0 Å². The molecule has 0 radical (unpaired) electrons. The lowest BCUT2D eigenvalue weighted by Crippen LogP contribution is -2.55. The Morgan fingerprint density at radius 1 is 1.39 bits per heavy atom. The maximum absolute atomic E-state index is 13.3. The lowest BCUT2D eigenvalue weighted by Gasteiger charge is -2.34. The van der Waals surface area contributed by atoms with Gasteiger partial charge in [0, 0.05) is 24.1 Å². The third-order valence-electron chi connectivity index (χ3n) is 3.87. The molecule has 10 heteroatoms. The maximum Gasteiger partial charge on any atom is 0.304 e. The highest BCUT2D eigenvalue weighted by atomic mass is 79.9. The summed E-state index contributed by atoms with van der Waals surface area (Å²) < 4.78 is 40.3. The van der Waals surface area contributed by atoms with Gasteiger partial charge in [0.25, 0.3) is 5.91 Å². The fourth-order valence-corrected chi connectivity index (χ4v) is 4.42. The number of nitrogens with one attached hydrogen (secondary N) is 1. The van der Waals surface area contributed by atoms with Crippen LogP contribution in [0.3, 0.4) is 0 Å². The van der Waals surface area contributed by atoms with Crippen molar-refractivity contribution in [2.24, 2.45) is 0 Å². The molecule has 0 saturated carbocycles. The van der Waals surface area contributed by atoms with Gasteiger partial charge in [-0.1, -0.05) is 15.9 Å². The number of benzene rings is 1. The van der Waals surface area contributed by atoms with E-state index >= 15 is 0 Å². The Balaban J connectivity index is 1.73. The van der Waals surface area contributed by atoms with Gasteiger partial charge in [0.05, 0.1) is 6.42 Å². The van der Waals surface area contributed by atoms with Crippen LogP contribution < -0.4 is 4.72 Å². The van der Waals surface area contributed by atoms with E-state index in [0.29, 0.717) is 10.0 Å². The van der Waals surface area contributed by atoms with E-state index in [1.54, 1.807) is 0 Å². The molecule has 23 heavy (non-hydrogen) atoms. The Hall–Kier alpha value is -1.52. The number of fused-ring (bicyclic) bond motifs is 1. The summed E-state index contributed by atoms with van der Waals surface area (Å²) in [7, 11) is -3.78. The first kappa shape index (κ1) is 16.3. The second-order valence-corrected chi connectivity index (χ2v) is 7.83. The van der Waals surface area contributed by atoms with Crippen molar-refractivity contribution < 1.29 is 22.4 Å². The summed E-state index contributed by atoms with van der Waals surface area (Å²) in [6, 6.07) is 3.18. The molecule has 1 N–H and O–H groups in total. The number of amides is 2. The Morgan fingerprint density at radius 3 is 2.87 bits per heavy atom. The molecule has 7 nitrogen and oxygen atoms in total. The van der Waals surface area contributed by atoms with Crippen molar-refractivity contribution >= 4 is 38.0 Å². The topological polar surface area (TPSA) is 86.8 Å². The largest absolute Gasteiger partial charge is 0.339 e. The molecule has 2 fully saturated rings. The van der Waals surface area contributed by atoms with Crippen molar-refractivity contribution in [3.63, 3.8) is 0 Å². The zero-order chi connectivity index (χ0) is 16.8. The Morgan fingerprint density at radius 2 is 2.13 bits per heavy atom. The molecule has 124 valence electrons. The molecule has 1 aromatic carbocycles. The van der Waals surface area contributed by atoms with E-state index < -0.39 is 28.0 Å². The highest BCUT2D eigenvalue weighted by Gasteiger charge is 2.47. The molecule has 2 saturated heterocycles. The number of carbonyl (C=O) groups is 2. The van der Waals surface area contributed by atoms with Crippen LogP contribution in [0.1, 0.15) is 5.56 Å². The van der Waals surface area contributed by atoms with Crippen molar-refractivity contribution in [2.45, 2.75) is 12.5 Å². The van der Waals surface area contributed by atoms with Gasteiger partial charge in [-0.05, 0) is 23.8 Å². The van der Waals surface area contributed by atoms with Crippen LogP contribution in [-0.2, 0) is 26.2 Å².